The van der Waals surface area contributed by atoms with Crippen molar-refractivity contribution in [1.82, 2.24) is 9.80 Å². The zero-order chi connectivity index (χ0) is 13.8. The van der Waals surface area contributed by atoms with Crippen LogP contribution in [0.4, 0.5) is 4.39 Å². The summed E-state index contributed by atoms with van der Waals surface area (Å²) in [5.41, 5.74) is 0.553. The molecule has 1 saturated heterocycles. The van der Waals surface area contributed by atoms with Crippen LogP contribution in [0.2, 0.25) is 0 Å². The number of amides is 1. The molecule has 1 amide bonds. The minimum absolute atomic E-state index is 0.0481. The highest BCUT2D eigenvalue weighted by atomic mass is 127. The van der Waals surface area contributed by atoms with Crippen LogP contribution < -0.4 is 0 Å². The van der Waals surface area contributed by atoms with E-state index in [0.717, 1.165) is 13.1 Å². The molecule has 0 aromatic heterocycles. The number of benzene rings is 1. The van der Waals surface area contributed by atoms with Gasteiger partial charge in [0.1, 0.15) is 5.82 Å². The first-order valence-electron chi connectivity index (χ1n) is 6.19. The van der Waals surface area contributed by atoms with E-state index in [2.05, 4.69) is 4.90 Å². The lowest BCUT2D eigenvalue weighted by Crippen LogP contribution is -2.49. The Balaban J connectivity index is 2.01. The molecule has 0 radical (unpaired) electrons. The molecule has 1 aromatic rings. The van der Waals surface area contributed by atoms with Crippen LogP contribution in [0.3, 0.4) is 0 Å². The number of nitrogens with zero attached hydrogens (tertiary/aromatic N) is 2. The zero-order valence-electron chi connectivity index (χ0n) is 10.5. The van der Waals surface area contributed by atoms with Gasteiger partial charge < -0.3 is 10.0 Å². The topological polar surface area (TPSA) is 43.8 Å². The number of piperazine rings is 1. The summed E-state index contributed by atoms with van der Waals surface area (Å²) in [4.78, 5) is 16.2. The molecule has 6 heteroatoms. The average molecular weight is 378 g/mol. The van der Waals surface area contributed by atoms with Crippen molar-refractivity contribution in [1.29, 1.82) is 0 Å². The van der Waals surface area contributed by atoms with Crippen LogP contribution in [0.15, 0.2) is 18.2 Å². The SMILES string of the molecule is O=C(c1ccc(F)cc1I)N1CCN(CCO)CC1. The van der Waals surface area contributed by atoms with Crippen LogP contribution in [0, 0.1) is 9.39 Å². The molecule has 0 unspecified atom stereocenters. The molecule has 1 N–H and O–H groups in total. The van der Waals surface area contributed by atoms with Gasteiger partial charge in [-0.25, -0.2) is 4.39 Å². The molecule has 1 heterocycles. The Morgan fingerprint density at radius 3 is 2.58 bits per heavy atom. The highest BCUT2D eigenvalue weighted by molar-refractivity contribution is 14.1. The minimum atomic E-state index is -0.325. The van der Waals surface area contributed by atoms with Gasteiger partial charge in [-0.2, -0.15) is 0 Å². The van der Waals surface area contributed by atoms with Crippen LogP contribution in [0.1, 0.15) is 10.4 Å². The van der Waals surface area contributed by atoms with E-state index in [1.165, 1.54) is 12.1 Å². The molecule has 0 spiro atoms. The van der Waals surface area contributed by atoms with E-state index in [1.807, 2.05) is 22.6 Å². The molecule has 4 nitrogen and oxygen atoms in total. The predicted octanol–water partition coefficient (Wildman–Crippen LogP) is 1.18. The van der Waals surface area contributed by atoms with E-state index in [-0.39, 0.29) is 18.3 Å². The molecule has 19 heavy (non-hydrogen) atoms. The van der Waals surface area contributed by atoms with E-state index in [9.17, 15) is 9.18 Å². The van der Waals surface area contributed by atoms with Gasteiger partial charge in [-0.15, -0.1) is 0 Å². The summed E-state index contributed by atoms with van der Waals surface area (Å²) in [6.07, 6.45) is 0. The monoisotopic (exact) mass is 378 g/mol. The molecule has 1 aromatic carbocycles. The van der Waals surface area contributed by atoms with E-state index >= 15 is 0 Å². The Morgan fingerprint density at radius 2 is 2.00 bits per heavy atom. The fraction of sp³-hybridized carbons (Fsp3) is 0.462. The predicted molar refractivity (Wildman–Crippen MR) is 78.5 cm³/mol. The second-order valence-corrected chi connectivity index (χ2v) is 5.64. The lowest BCUT2D eigenvalue weighted by molar-refractivity contribution is 0.0614. The van der Waals surface area contributed by atoms with Gasteiger partial charge in [-0.3, -0.25) is 9.69 Å². The normalized spacial score (nSPS) is 16.7. The summed E-state index contributed by atoms with van der Waals surface area (Å²) >= 11 is 1.98. The minimum Gasteiger partial charge on any atom is -0.395 e. The molecule has 0 bridgehead atoms. The highest BCUT2D eigenvalue weighted by Gasteiger charge is 2.23. The first-order valence-corrected chi connectivity index (χ1v) is 7.27. The molecule has 1 fully saturated rings. The van der Waals surface area contributed by atoms with Gasteiger partial charge in [0.2, 0.25) is 0 Å². The Kier molecular flexibility index (Phi) is 5.12. The fourth-order valence-electron chi connectivity index (χ4n) is 2.15. The van der Waals surface area contributed by atoms with Crippen LogP contribution >= 0.6 is 22.6 Å². The second-order valence-electron chi connectivity index (χ2n) is 4.48. The summed E-state index contributed by atoms with van der Waals surface area (Å²) in [5.74, 6) is -0.373. The number of β-amino-alcohol motifs (C(OH)–C–C–N with tert-alkyl or cyclic N) is 1. The Hall–Kier alpha value is -0.730. The van der Waals surface area contributed by atoms with Gasteiger partial charge in [-0.1, -0.05) is 0 Å². The maximum absolute atomic E-state index is 13.0. The third kappa shape index (κ3) is 3.64. The highest BCUT2D eigenvalue weighted by Crippen LogP contribution is 2.17. The standard InChI is InChI=1S/C13H16FIN2O2/c14-10-1-2-11(12(15)9-10)13(19)17-5-3-16(4-6-17)7-8-18/h1-2,9,18H,3-8H2. The molecule has 0 saturated carbocycles. The summed E-state index contributed by atoms with van der Waals surface area (Å²) in [7, 11) is 0. The van der Waals surface area contributed by atoms with Crippen molar-refractivity contribution >= 4 is 28.5 Å². The van der Waals surface area contributed by atoms with Crippen molar-refractivity contribution in [2.75, 3.05) is 39.3 Å². The number of hydrogen-bond donors (Lipinski definition) is 1. The third-order valence-electron chi connectivity index (χ3n) is 3.24. The van der Waals surface area contributed by atoms with Gasteiger partial charge in [0, 0.05) is 36.3 Å². The maximum atomic E-state index is 13.0. The maximum Gasteiger partial charge on any atom is 0.255 e. The summed E-state index contributed by atoms with van der Waals surface area (Å²) in [6, 6.07) is 4.23. The number of aliphatic hydroxyl groups excluding tert-OH is 1. The van der Waals surface area contributed by atoms with Crippen molar-refractivity contribution < 1.29 is 14.3 Å². The second kappa shape index (κ2) is 6.62. The lowest BCUT2D eigenvalue weighted by atomic mass is 10.2. The Labute approximate surface area is 125 Å². The number of carbonyl (C=O) groups excluding carboxylic acids is 1. The number of hydrogen-bond acceptors (Lipinski definition) is 3. The van der Waals surface area contributed by atoms with Crippen LogP contribution in [0.5, 0.6) is 0 Å². The van der Waals surface area contributed by atoms with Crippen molar-refractivity contribution in [2.24, 2.45) is 0 Å². The van der Waals surface area contributed by atoms with Crippen LogP contribution in [-0.2, 0) is 0 Å². The van der Waals surface area contributed by atoms with E-state index in [4.69, 9.17) is 5.11 Å². The van der Waals surface area contributed by atoms with Crippen LogP contribution in [0.25, 0.3) is 0 Å². The fourth-order valence-corrected chi connectivity index (χ4v) is 2.86. The van der Waals surface area contributed by atoms with E-state index in [0.29, 0.717) is 28.8 Å². The van der Waals surface area contributed by atoms with Crippen LogP contribution in [-0.4, -0.2) is 60.1 Å². The molecule has 0 atom stereocenters. The van der Waals surface area contributed by atoms with Crippen molar-refractivity contribution in [3.8, 4) is 0 Å². The van der Waals surface area contributed by atoms with Gasteiger partial charge in [0.05, 0.1) is 12.2 Å². The molecular weight excluding hydrogens is 362 g/mol. The molecule has 0 aliphatic carbocycles. The quantitative estimate of drug-likeness (QED) is 0.804. The Morgan fingerprint density at radius 1 is 1.32 bits per heavy atom. The largest absolute Gasteiger partial charge is 0.395 e. The van der Waals surface area contributed by atoms with Gasteiger partial charge in [0.15, 0.2) is 0 Å². The summed E-state index contributed by atoms with van der Waals surface area (Å²) < 4.78 is 13.7. The molecule has 1 aliphatic rings. The number of aliphatic hydroxyl groups is 1. The molecule has 104 valence electrons. The van der Waals surface area contributed by atoms with Crippen molar-refractivity contribution in [2.45, 2.75) is 0 Å². The van der Waals surface area contributed by atoms with E-state index in [1.54, 1.807) is 11.0 Å². The summed E-state index contributed by atoms with van der Waals surface area (Å²) in [6.45, 7) is 3.62. The number of halogens is 2. The molecule has 1 aliphatic heterocycles. The molecule has 2 rings (SSSR count). The first kappa shape index (κ1) is 14.7. The zero-order valence-corrected chi connectivity index (χ0v) is 12.6. The smallest absolute Gasteiger partial charge is 0.255 e. The Bertz CT molecular complexity index is 462. The lowest BCUT2D eigenvalue weighted by Gasteiger charge is -2.34. The molecular formula is C13H16FIN2O2. The van der Waals surface area contributed by atoms with Crippen molar-refractivity contribution in [3.63, 3.8) is 0 Å². The van der Waals surface area contributed by atoms with Gasteiger partial charge >= 0.3 is 0 Å². The first-order chi connectivity index (χ1) is 9.11. The van der Waals surface area contributed by atoms with Gasteiger partial charge in [0.25, 0.3) is 5.91 Å². The third-order valence-corrected chi connectivity index (χ3v) is 4.13. The van der Waals surface area contributed by atoms with Crippen molar-refractivity contribution in [3.05, 3.63) is 33.1 Å². The van der Waals surface area contributed by atoms with E-state index < -0.39 is 0 Å². The average Bonchev–Trinajstić information content (AvgIpc) is 2.39. The number of rotatable bonds is 3. The number of carbonyl (C=O) groups is 1. The summed E-state index contributed by atoms with van der Waals surface area (Å²) in [5, 5.41) is 8.88. The van der Waals surface area contributed by atoms with Gasteiger partial charge in [-0.05, 0) is 40.8 Å².